The number of aryl methyl sites for hydroxylation is 1. The van der Waals surface area contributed by atoms with Crippen LogP contribution < -0.4 is 10.6 Å². The van der Waals surface area contributed by atoms with Crippen molar-refractivity contribution in [1.29, 1.82) is 0 Å². The summed E-state index contributed by atoms with van der Waals surface area (Å²) >= 11 is 0. The van der Waals surface area contributed by atoms with E-state index in [0.717, 1.165) is 24.3 Å². The van der Waals surface area contributed by atoms with Gasteiger partial charge in [0.15, 0.2) is 0 Å². The number of aromatic nitrogens is 1. The van der Waals surface area contributed by atoms with E-state index in [4.69, 9.17) is 5.73 Å². The summed E-state index contributed by atoms with van der Waals surface area (Å²) in [4.78, 5) is 6.77. The Hall–Kier alpha value is -1.87. The number of pyridine rings is 1. The minimum atomic E-state index is 0.0255. The van der Waals surface area contributed by atoms with Crippen molar-refractivity contribution in [3.8, 4) is 0 Å². The third kappa shape index (κ3) is 2.99. The minimum absolute atomic E-state index is 0.0255. The van der Waals surface area contributed by atoms with E-state index in [-0.39, 0.29) is 6.04 Å². The second-order valence-corrected chi connectivity index (χ2v) is 4.99. The van der Waals surface area contributed by atoms with Gasteiger partial charge in [-0.15, -0.1) is 0 Å². The Morgan fingerprint density at radius 3 is 2.45 bits per heavy atom. The molecule has 0 aliphatic carbocycles. The van der Waals surface area contributed by atoms with Gasteiger partial charge in [-0.1, -0.05) is 25.1 Å². The molecule has 0 saturated heterocycles. The van der Waals surface area contributed by atoms with Crippen LogP contribution in [0.2, 0.25) is 0 Å². The fraction of sp³-hybridized carbons (Fsp3) is 0.353. The van der Waals surface area contributed by atoms with Gasteiger partial charge in [0.2, 0.25) is 0 Å². The zero-order valence-corrected chi connectivity index (χ0v) is 12.5. The molecule has 2 N–H and O–H groups in total. The molecule has 106 valence electrons. The number of anilines is 2. The monoisotopic (exact) mass is 269 g/mol. The molecule has 0 radical (unpaired) electrons. The third-order valence-electron chi connectivity index (χ3n) is 3.62. The van der Waals surface area contributed by atoms with E-state index < -0.39 is 0 Å². The lowest BCUT2D eigenvalue weighted by molar-refractivity contribution is 0.675. The fourth-order valence-corrected chi connectivity index (χ4v) is 2.34. The van der Waals surface area contributed by atoms with Gasteiger partial charge >= 0.3 is 0 Å². The molecule has 0 saturated carbocycles. The normalized spacial score (nSPS) is 12.2. The molecule has 0 unspecified atom stereocenters. The largest absolute Gasteiger partial charge is 0.340 e. The number of hydrogen-bond donors (Lipinski definition) is 1. The van der Waals surface area contributed by atoms with Gasteiger partial charge in [-0.3, -0.25) is 4.98 Å². The summed E-state index contributed by atoms with van der Waals surface area (Å²) in [5.41, 5.74) is 10.6. The van der Waals surface area contributed by atoms with E-state index in [9.17, 15) is 0 Å². The maximum absolute atomic E-state index is 6.01. The third-order valence-corrected chi connectivity index (χ3v) is 3.62. The van der Waals surface area contributed by atoms with Crippen molar-refractivity contribution in [3.63, 3.8) is 0 Å². The molecule has 1 aromatic heterocycles. The predicted molar refractivity (Wildman–Crippen MR) is 85.3 cm³/mol. The zero-order valence-electron chi connectivity index (χ0n) is 12.5. The first-order valence-corrected chi connectivity index (χ1v) is 7.22. The van der Waals surface area contributed by atoms with Gasteiger partial charge in [0, 0.05) is 18.3 Å². The van der Waals surface area contributed by atoms with E-state index in [2.05, 4.69) is 61.0 Å². The molecular weight excluding hydrogens is 246 g/mol. The molecule has 20 heavy (non-hydrogen) atoms. The standard InChI is InChI=1S/C17H23N3/c1-4-15(18)16-11-10-14(12-19-16)20(5-2)17-9-7-6-8-13(17)3/h6-12,15H,4-5,18H2,1-3H3/t15-/m0/s1. The topological polar surface area (TPSA) is 42.1 Å². The molecule has 1 atom stereocenters. The van der Waals surface area contributed by atoms with E-state index in [1.807, 2.05) is 12.3 Å². The molecular formula is C17H23N3. The zero-order chi connectivity index (χ0) is 14.5. The predicted octanol–water partition coefficient (Wildman–Crippen LogP) is 3.96. The second-order valence-electron chi connectivity index (χ2n) is 4.99. The molecule has 3 heteroatoms. The molecule has 2 rings (SSSR count). The molecule has 3 nitrogen and oxygen atoms in total. The van der Waals surface area contributed by atoms with Crippen LogP contribution in [-0.4, -0.2) is 11.5 Å². The van der Waals surface area contributed by atoms with Gasteiger partial charge in [0.1, 0.15) is 0 Å². The van der Waals surface area contributed by atoms with E-state index in [0.29, 0.717) is 0 Å². The van der Waals surface area contributed by atoms with E-state index >= 15 is 0 Å². The highest BCUT2D eigenvalue weighted by Crippen LogP contribution is 2.28. The van der Waals surface area contributed by atoms with Gasteiger partial charge in [0.25, 0.3) is 0 Å². The van der Waals surface area contributed by atoms with Crippen LogP contribution in [0.4, 0.5) is 11.4 Å². The Morgan fingerprint density at radius 1 is 1.15 bits per heavy atom. The average molecular weight is 269 g/mol. The first kappa shape index (κ1) is 14.5. The molecule has 0 fully saturated rings. The van der Waals surface area contributed by atoms with Crippen LogP contribution in [0.1, 0.15) is 37.6 Å². The quantitative estimate of drug-likeness (QED) is 0.893. The lowest BCUT2D eigenvalue weighted by Gasteiger charge is -2.25. The van der Waals surface area contributed by atoms with Crippen molar-refractivity contribution >= 4 is 11.4 Å². The summed E-state index contributed by atoms with van der Waals surface area (Å²) in [7, 11) is 0. The Balaban J connectivity index is 2.31. The minimum Gasteiger partial charge on any atom is -0.340 e. The molecule has 0 amide bonds. The number of nitrogens with zero attached hydrogens (tertiary/aromatic N) is 2. The number of nitrogens with two attached hydrogens (primary N) is 1. The molecule has 0 spiro atoms. The first-order valence-electron chi connectivity index (χ1n) is 7.22. The Kier molecular flexibility index (Phi) is 4.74. The molecule has 0 aliphatic rings. The van der Waals surface area contributed by atoms with Crippen LogP contribution in [0.25, 0.3) is 0 Å². The van der Waals surface area contributed by atoms with E-state index in [1.165, 1.54) is 11.3 Å². The van der Waals surface area contributed by atoms with Gasteiger partial charge in [-0.2, -0.15) is 0 Å². The Bertz CT molecular complexity index is 548. The van der Waals surface area contributed by atoms with Crippen molar-refractivity contribution in [3.05, 3.63) is 53.9 Å². The molecule has 0 aliphatic heterocycles. The molecule has 1 heterocycles. The van der Waals surface area contributed by atoms with Gasteiger partial charge in [-0.05, 0) is 44.0 Å². The van der Waals surface area contributed by atoms with E-state index in [1.54, 1.807) is 0 Å². The first-order chi connectivity index (χ1) is 9.67. The highest BCUT2D eigenvalue weighted by Gasteiger charge is 2.11. The fourth-order valence-electron chi connectivity index (χ4n) is 2.34. The van der Waals surface area contributed by atoms with Crippen molar-refractivity contribution in [2.75, 3.05) is 11.4 Å². The smallest absolute Gasteiger partial charge is 0.0597 e. The SMILES string of the molecule is CC[C@H](N)c1ccc(N(CC)c2ccccc2C)cn1. The molecule has 2 aromatic rings. The molecule has 1 aromatic carbocycles. The maximum Gasteiger partial charge on any atom is 0.0597 e. The van der Waals surface area contributed by atoms with Crippen molar-refractivity contribution in [2.45, 2.75) is 33.2 Å². The summed E-state index contributed by atoms with van der Waals surface area (Å²) in [6.07, 6.45) is 2.82. The maximum atomic E-state index is 6.01. The summed E-state index contributed by atoms with van der Waals surface area (Å²) < 4.78 is 0. The van der Waals surface area contributed by atoms with Gasteiger partial charge in [-0.25, -0.2) is 0 Å². The second kappa shape index (κ2) is 6.53. The Labute approximate surface area is 121 Å². The van der Waals surface area contributed by atoms with Crippen LogP contribution in [0, 0.1) is 6.92 Å². The van der Waals surface area contributed by atoms with Crippen LogP contribution in [0.5, 0.6) is 0 Å². The van der Waals surface area contributed by atoms with Crippen LogP contribution >= 0.6 is 0 Å². The Morgan fingerprint density at radius 2 is 1.90 bits per heavy atom. The summed E-state index contributed by atoms with van der Waals surface area (Å²) in [5.74, 6) is 0. The van der Waals surface area contributed by atoms with Crippen LogP contribution in [0.15, 0.2) is 42.6 Å². The summed E-state index contributed by atoms with van der Waals surface area (Å²) in [5, 5.41) is 0. The van der Waals surface area contributed by atoms with Gasteiger partial charge < -0.3 is 10.6 Å². The summed E-state index contributed by atoms with van der Waals surface area (Å²) in [6.45, 7) is 7.27. The van der Waals surface area contributed by atoms with Crippen molar-refractivity contribution in [1.82, 2.24) is 4.98 Å². The number of hydrogen-bond acceptors (Lipinski definition) is 3. The number of rotatable bonds is 5. The lowest BCUT2D eigenvalue weighted by atomic mass is 10.1. The number of para-hydroxylation sites is 1. The van der Waals surface area contributed by atoms with Gasteiger partial charge in [0.05, 0.1) is 17.6 Å². The highest BCUT2D eigenvalue weighted by molar-refractivity contribution is 5.65. The summed E-state index contributed by atoms with van der Waals surface area (Å²) in [6, 6.07) is 12.6. The molecule has 0 bridgehead atoms. The van der Waals surface area contributed by atoms with Crippen LogP contribution in [0.3, 0.4) is 0 Å². The number of benzene rings is 1. The van der Waals surface area contributed by atoms with Crippen molar-refractivity contribution < 1.29 is 0 Å². The van der Waals surface area contributed by atoms with Crippen molar-refractivity contribution in [2.24, 2.45) is 5.73 Å². The average Bonchev–Trinajstić information content (AvgIpc) is 2.50. The van der Waals surface area contributed by atoms with Crippen LogP contribution in [-0.2, 0) is 0 Å². The lowest BCUT2D eigenvalue weighted by Crippen LogP contribution is -2.18. The highest BCUT2D eigenvalue weighted by atomic mass is 15.1.